The summed E-state index contributed by atoms with van der Waals surface area (Å²) in [5, 5.41) is 8.46. The Kier molecular flexibility index (Phi) is 4.97. The summed E-state index contributed by atoms with van der Waals surface area (Å²) in [6.07, 6.45) is 0. The lowest BCUT2D eigenvalue weighted by molar-refractivity contribution is 0.410. The van der Waals surface area contributed by atoms with E-state index < -0.39 is 0 Å². The Hall–Kier alpha value is -1.86. The van der Waals surface area contributed by atoms with E-state index in [1.165, 1.54) is 23.9 Å². The monoisotopic (exact) mass is 394 g/mol. The van der Waals surface area contributed by atoms with Gasteiger partial charge in [0.25, 0.3) is 5.22 Å². The van der Waals surface area contributed by atoms with E-state index in [1.807, 2.05) is 24.3 Å². The highest BCUT2D eigenvalue weighted by Gasteiger charge is 2.11. The zero-order valence-electron chi connectivity index (χ0n) is 12.1. The topological polar surface area (TPSA) is 48.2 Å². The summed E-state index contributed by atoms with van der Waals surface area (Å²) in [7, 11) is 1.56. The summed E-state index contributed by atoms with van der Waals surface area (Å²) in [6.45, 7) is 0. The zero-order chi connectivity index (χ0) is 16.2. The molecule has 1 heterocycles. The van der Waals surface area contributed by atoms with Gasteiger partial charge in [0, 0.05) is 21.4 Å². The van der Waals surface area contributed by atoms with Crippen molar-refractivity contribution in [3.8, 4) is 17.2 Å². The van der Waals surface area contributed by atoms with Crippen LogP contribution in [0.15, 0.2) is 56.6 Å². The van der Waals surface area contributed by atoms with Gasteiger partial charge in [-0.15, -0.1) is 10.2 Å². The van der Waals surface area contributed by atoms with E-state index in [2.05, 4.69) is 26.1 Å². The average Bonchev–Trinajstić information content (AvgIpc) is 3.03. The van der Waals surface area contributed by atoms with Gasteiger partial charge in [0.15, 0.2) is 0 Å². The smallest absolute Gasteiger partial charge is 0.277 e. The number of methoxy groups -OCH3 is 1. The molecule has 3 rings (SSSR count). The van der Waals surface area contributed by atoms with Crippen molar-refractivity contribution in [1.82, 2.24) is 10.2 Å². The van der Waals surface area contributed by atoms with Crippen LogP contribution in [0.1, 0.15) is 5.56 Å². The van der Waals surface area contributed by atoms with Crippen LogP contribution in [0.5, 0.6) is 5.75 Å². The molecule has 0 bridgehead atoms. The largest absolute Gasteiger partial charge is 0.496 e. The minimum Gasteiger partial charge on any atom is -0.496 e. The second-order valence-corrected chi connectivity index (χ2v) is 6.47. The Morgan fingerprint density at radius 2 is 1.96 bits per heavy atom. The molecule has 118 valence electrons. The molecular formula is C16H12BrFN2O2S. The first-order valence-electron chi connectivity index (χ1n) is 6.70. The highest BCUT2D eigenvalue weighted by Crippen LogP contribution is 2.30. The maximum Gasteiger partial charge on any atom is 0.277 e. The number of benzene rings is 2. The molecular weight excluding hydrogens is 383 g/mol. The number of thioether (sulfide) groups is 1. The van der Waals surface area contributed by atoms with Gasteiger partial charge in [-0.25, -0.2) is 4.39 Å². The molecule has 0 aliphatic rings. The van der Waals surface area contributed by atoms with Crippen molar-refractivity contribution in [2.45, 2.75) is 11.0 Å². The Labute approximate surface area is 145 Å². The van der Waals surface area contributed by atoms with Crippen molar-refractivity contribution in [1.29, 1.82) is 0 Å². The first-order chi connectivity index (χ1) is 11.2. The predicted molar refractivity (Wildman–Crippen MR) is 89.9 cm³/mol. The number of halogens is 2. The van der Waals surface area contributed by atoms with Crippen molar-refractivity contribution in [2.75, 3.05) is 7.11 Å². The summed E-state index contributed by atoms with van der Waals surface area (Å²) < 4.78 is 25.2. The Bertz CT molecular complexity index is 808. The van der Waals surface area contributed by atoms with Crippen molar-refractivity contribution in [3.05, 3.63) is 58.3 Å². The fourth-order valence-electron chi connectivity index (χ4n) is 1.98. The average molecular weight is 395 g/mol. The lowest BCUT2D eigenvalue weighted by Crippen LogP contribution is -1.91. The van der Waals surface area contributed by atoms with Crippen molar-refractivity contribution in [2.24, 2.45) is 0 Å². The van der Waals surface area contributed by atoms with Crippen LogP contribution in [0.3, 0.4) is 0 Å². The third-order valence-corrected chi connectivity index (χ3v) is 4.49. The first-order valence-corrected chi connectivity index (χ1v) is 8.48. The predicted octanol–water partition coefficient (Wildman–Crippen LogP) is 4.94. The standard InChI is InChI=1S/C16H12BrFN2O2S/c1-21-14-7-6-13(18)8-11(14)9-23-16-20-19-15(22-16)10-2-4-12(17)5-3-10/h2-8H,9H2,1H3. The van der Waals surface area contributed by atoms with Crippen molar-refractivity contribution in [3.63, 3.8) is 0 Å². The van der Waals surface area contributed by atoms with Crippen LogP contribution in [0.2, 0.25) is 0 Å². The quantitative estimate of drug-likeness (QED) is 0.573. The van der Waals surface area contributed by atoms with Crippen LogP contribution in [-0.2, 0) is 5.75 Å². The number of ether oxygens (including phenoxy) is 1. The SMILES string of the molecule is COc1ccc(F)cc1CSc1nnc(-c2ccc(Br)cc2)o1. The molecule has 0 amide bonds. The van der Waals surface area contributed by atoms with Gasteiger partial charge in [0.1, 0.15) is 11.6 Å². The summed E-state index contributed by atoms with van der Waals surface area (Å²) in [5.74, 6) is 1.25. The van der Waals surface area contributed by atoms with Gasteiger partial charge >= 0.3 is 0 Å². The normalized spacial score (nSPS) is 10.7. The third kappa shape index (κ3) is 3.92. The number of hydrogen-bond acceptors (Lipinski definition) is 5. The van der Waals surface area contributed by atoms with E-state index in [-0.39, 0.29) is 5.82 Å². The van der Waals surface area contributed by atoms with E-state index in [1.54, 1.807) is 13.2 Å². The second-order valence-electron chi connectivity index (χ2n) is 4.62. The van der Waals surface area contributed by atoms with Crippen molar-refractivity contribution < 1.29 is 13.5 Å². The second kappa shape index (κ2) is 7.14. The summed E-state index contributed by atoms with van der Waals surface area (Å²) in [6, 6.07) is 12.0. The van der Waals surface area contributed by atoms with Crippen LogP contribution in [0.4, 0.5) is 4.39 Å². The lowest BCUT2D eigenvalue weighted by Gasteiger charge is -2.06. The molecule has 0 saturated carbocycles. The molecule has 0 unspecified atom stereocenters. The number of nitrogens with zero attached hydrogens (tertiary/aromatic N) is 2. The maximum absolute atomic E-state index is 13.3. The molecule has 0 aliphatic heterocycles. The summed E-state index contributed by atoms with van der Waals surface area (Å²) in [5.41, 5.74) is 1.58. The Morgan fingerprint density at radius 1 is 1.17 bits per heavy atom. The molecule has 0 radical (unpaired) electrons. The zero-order valence-corrected chi connectivity index (χ0v) is 14.5. The van der Waals surface area contributed by atoms with E-state index in [0.717, 1.165) is 15.6 Å². The molecule has 0 atom stereocenters. The molecule has 2 aromatic carbocycles. The third-order valence-electron chi connectivity index (χ3n) is 3.09. The lowest BCUT2D eigenvalue weighted by atomic mass is 10.2. The van der Waals surface area contributed by atoms with Gasteiger partial charge in [0.05, 0.1) is 7.11 Å². The Morgan fingerprint density at radius 3 is 2.70 bits per heavy atom. The van der Waals surface area contributed by atoms with E-state index >= 15 is 0 Å². The first kappa shape index (κ1) is 16.0. The molecule has 0 fully saturated rings. The van der Waals surface area contributed by atoms with Gasteiger partial charge in [-0.3, -0.25) is 0 Å². The van der Waals surface area contributed by atoms with Gasteiger partial charge in [-0.2, -0.15) is 0 Å². The molecule has 23 heavy (non-hydrogen) atoms. The molecule has 0 saturated heterocycles. The Balaban J connectivity index is 1.72. The molecule has 0 N–H and O–H groups in total. The fraction of sp³-hybridized carbons (Fsp3) is 0.125. The van der Waals surface area contributed by atoms with Crippen LogP contribution in [0, 0.1) is 5.82 Å². The molecule has 7 heteroatoms. The number of aromatic nitrogens is 2. The molecule has 1 aromatic heterocycles. The van der Waals surface area contributed by atoms with Crippen LogP contribution in [0.25, 0.3) is 11.5 Å². The van der Waals surface area contributed by atoms with E-state index in [9.17, 15) is 4.39 Å². The maximum atomic E-state index is 13.3. The minimum atomic E-state index is -0.303. The minimum absolute atomic E-state index is 0.303. The fourth-order valence-corrected chi connectivity index (χ4v) is 2.98. The van der Waals surface area contributed by atoms with Gasteiger partial charge in [0.2, 0.25) is 5.89 Å². The molecule has 0 spiro atoms. The van der Waals surface area contributed by atoms with E-state index in [0.29, 0.717) is 22.6 Å². The number of hydrogen-bond donors (Lipinski definition) is 0. The highest BCUT2D eigenvalue weighted by atomic mass is 79.9. The number of rotatable bonds is 5. The van der Waals surface area contributed by atoms with Crippen LogP contribution in [-0.4, -0.2) is 17.3 Å². The molecule has 4 nitrogen and oxygen atoms in total. The van der Waals surface area contributed by atoms with Gasteiger partial charge in [-0.1, -0.05) is 27.7 Å². The van der Waals surface area contributed by atoms with Gasteiger partial charge < -0.3 is 9.15 Å². The van der Waals surface area contributed by atoms with E-state index in [4.69, 9.17) is 9.15 Å². The van der Waals surface area contributed by atoms with Crippen LogP contribution >= 0.6 is 27.7 Å². The van der Waals surface area contributed by atoms with Crippen LogP contribution < -0.4 is 4.74 Å². The summed E-state index contributed by atoms with van der Waals surface area (Å²) >= 11 is 4.71. The van der Waals surface area contributed by atoms with Crippen molar-refractivity contribution >= 4 is 27.7 Å². The summed E-state index contributed by atoms with van der Waals surface area (Å²) in [4.78, 5) is 0. The molecule has 3 aromatic rings. The highest BCUT2D eigenvalue weighted by molar-refractivity contribution is 9.10. The van der Waals surface area contributed by atoms with Gasteiger partial charge in [-0.05, 0) is 42.5 Å². The molecule has 0 aliphatic carbocycles.